The summed E-state index contributed by atoms with van der Waals surface area (Å²) in [5.74, 6) is 0. The first-order valence-corrected chi connectivity index (χ1v) is 5.83. The second-order valence-electron chi connectivity index (χ2n) is 4.15. The molecule has 1 heterocycles. The van der Waals surface area contributed by atoms with E-state index in [4.69, 9.17) is 14.2 Å². The zero-order valence-electron chi connectivity index (χ0n) is 9.75. The van der Waals surface area contributed by atoms with Gasteiger partial charge < -0.3 is 19.3 Å². The molecule has 1 saturated heterocycles. The van der Waals surface area contributed by atoms with Crippen LogP contribution in [0.2, 0.25) is 0 Å². The maximum atomic E-state index is 9.32. The molecule has 1 N–H and O–H groups in total. The van der Waals surface area contributed by atoms with Crippen molar-refractivity contribution in [1.82, 2.24) is 0 Å². The number of benzene rings is 1. The Morgan fingerprint density at radius 2 is 1.71 bits per heavy atom. The van der Waals surface area contributed by atoms with E-state index >= 15 is 0 Å². The predicted octanol–water partition coefficient (Wildman–Crippen LogP) is 0.979. The lowest BCUT2D eigenvalue weighted by Crippen LogP contribution is -2.34. The van der Waals surface area contributed by atoms with E-state index in [2.05, 4.69) is 0 Å². The summed E-state index contributed by atoms with van der Waals surface area (Å²) in [6, 6.07) is 10.00. The van der Waals surface area contributed by atoms with Crippen molar-refractivity contribution in [2.45, 2.75) is 18.8 Å². The first kappa shape index (κ1) is 12.5. The summed E-state index contributed by atoms with van der Waals surface area (Å²) in [6.07, 6.45) is -0.590. The van der Waals surface area contributed by atoms with Crippen molar-refractivity contribution < 1.29 is 19.3 Å². The van der Waals surface area contributed by atoms with Gasteiger partial charge in [-0.25, -0.2) is 0 Å². The Hall–Kier alpha value is -0.940. The first-order chi connectivity index (χ1) is 8.34. The van der Waals surface area contributed by atoms with Crippen LogP contribution in [0.25, 0.3) is 0 Å². The number of hydrogen-bond acceptors (Lipinski definition) is 4. The van der Waals surface area contributed by atoms with Gasteiger partial charge in [-0.1, -0.05) is 30.3 Å². The molecule has 0 radical (unpaired) electrons. The molecule has 94 valence electrons. The monoisotopic (exact) mass is 238 g/mol. The van der Waals surface area contributed by atoms with Gasteiger partial charge in [0.2, 0.25) is 0 Å². The van der Waals surface area contributed by atoms with E-state index in [1.807, 2.05) is 30.3 Å². The van der Waals surface area contributed by atoms with Crippen LogP contribution in [0.1, 0.15) is 5.56 Å². The van der Waals surface area contributed by atoms with Crippen molar-refractivity contribution in [3.8, 4) is 0 Å². The highest BCUT2D eigenvalue weighted by Crippen LogP contribution is 2.06. The van der Waals surface area contributed by atoms with Crippen LogP contribution in [-0.4, -0.2) is 43.7 Å². The molecule has 0 aliphatic carbocycles. The third-order valence-electron chi connectivity index (χ3n) is 2.56. The van der Waals surface area contributed by atoms with Crippen molar-refractivity contribution in [3.05, 3.63) is 35.9 Å². The molecule has 0 amide bonds. The molecule has 0 aromatic heterocycles. The number of aliphatic hydroxyl groups excluding tert-OH is 1. The number of aliphatic hydroxyl groups is 1. The highest BCUT2D eigenvalue weighted by molar-refractivity contribution is 5.13. The maximum Gasteiger partial charge on any atom is 0.105 e. The van der Waals surface area contributed by atoms with Gasteiger partial charge in [-0.2, -0.15) is 0 Å². The topological polar surface area (TPSA) is 47.9 Å². The van der Waals surface area contributed by atoms with E-state index in [-0.39, 0.29) is 6.10 Å². The van der Waals surface area contributed by atoms with E-state index in [1.165, 1.54) is 0 Å². The molecule has 1 aliphatic rings. The maximum absolute atomic E-state index is 9.32. The van der Waals surface area contributed by atoms with Crippen LogP contribution in [0.15, 0.2) is 30.3 Å². The molecule has 4 nitrogen and oxygen atoms in total. The highest BCUT2D eigenvalue weighted by atomic mass is 16.6. The van der Waals surface area contributed by atoms with Gasteiger partial charge in [0.05, 0.1) is 33.0 Å². The summed E-state index contributed by atoms with van der Waals surface area (Å²) in [5.41, 5.74) is 1.13. The van der Waals surface area contributed by atoms with Gasteiger partial charge in [-0.3, -0.25) is 0 Å². The molecule has 0 saturated carbocycles. The average molecular weight is 238 g/mol. The molecule has 0 unspecified atom stereocenters. The summed E-state index contributed by atoms with van der Waals surface area (Å²) in [7, 11) is 0. The SMILES string of the molecule is OC1COCC(OCc2ccccc2)COC1. The summed E-state index contributed by atoms with van der Waals surface area (Å²) in [4.78, 5) is 0. The van der Waals surface area contributed by atoms with E-state index in [1.54, 1.807) is 0 Å². The minimum atomic E-state index is -0.523. The predicted molar refractivity (Wildman–Crippen MR) is 62.7 cm³/mol. The summed E-state index contributed by atoms with van der Waals surface area (Å²) in [6.45, 7) is 2.10. The van der Waals surface area contributed by atoms with Gasteiger partial charge in [-0.05, 0) is 5.56 Å². The van der Waals surface area contributed by atoms with Crippen molar-refractivity contribution in [3.63, 3.8) is 0 Å². The van der Waals surface area contributed by atoms with Crippen LogP contribution >= 0.6 is 0 Å². The second-order valence-corrected chi connectivity index (χ2v) is 4.15. The Labute approximate surface area is 101 Å². The molecule has 4 heteroatoms. The van der Waals surface area contributed by atoms with Crippen LogP contribution in [0, 0.1) is 0 Å². The Kier molecular flexibility index (Phi) is 4.94. The van der Waals surface area contributed by atoms with Crippen LogP contribution in [-0.2, 0) is 20.8 Å². The van der Waals surface area contributed by atoms with Gasteiger partial charge in [0.25, 0.3) is 0 Å². The lowest BCUT2D eigenvalue weighted by molar-refractivity contribution is -0.118. The average Bonchev–Trinajstić information content (AvgIpc) is 2.33. The fourth-order valence-electron chi connectivity index (χ4n) is 1.65. The molecule has 2 rings (SSSR count). The highest BCUT2D eigenvalue weighted by Gasteiger charge is 2.16. The summed E-state index contributed by atoms with van der Waals surface area (Å²) in [5, 5.41) is 9.32. The minimum Gasteiger partial charge on any atom is -0.388 e. The van der Waals surface area contributed by atoms with Crippen molar-refractivity contribution >= 4 is 0 Å². The zero-order valence-corrected chi connectivity index (χ0v) is 9.75. The fourth-order valence-corrected chi connectivity index (χ4v) is 1.65. The standard InChI is InChI=1S/C13H18O4/c14-12-7-15-9-13(10-16-8-12)17-6-11-4-2-1-3-5-11/h1-5,12-14H,6-10H2. The van der Waals surface area contributed by atoms with Crippen molar-refractivity contribution in [1.29, 1.82) is 0 Å². The summed E-state index contributed by atoms with van der Waals surface area (Å²) < 4.78 is 16.4. The largest absolute Gasteiger partial charge is 0.388 e. The fraction of sp³-hybridized carbons (Fsp3) is 0.538. The lowest BCUT2D eigenvalue weighted by Gasteiger charge is -2.23. The molecular formula is C13H18O4. The van der Waals surface area contributed by atoms with Crippen molar-refractivity contribution in [2.75, 3.05) is 26.4 Å². The first-order valence-electron chi connectivity index (χ1n) is 5.83. The summed E-state index contributed by atoms with van der Waals surface area (Å²) >= 11 is 0. The third kappa shape index (κ3) is 4.44. The molecule has 0 bridgehead atoms. The normalized spacial score (nSPS) is 26.2. The van der Waals surface area contributed by atoms with Gasteiger partial charge in [0.15, 0.2) is 0 Å². The quantitative estimate of drug-likeness (QED) is 0.852. The van der Waals surface area contributed by atoms with Gasteiger partial charge in [0, 0.05) is 0 Å². The zero-order chi connectivity index (χ0) is 11.9. The van der Waals surface area contributed by atoms with Gasteiger partial charge in [0.1, 0.15) is 12.2 Å². The number of rotatable bonds is 3. The van der Waals surface area contributed by atoms with Crippen molar-refractivity contribution in [2.24, 2.45) is 0 Å². The second kappa shape index (κ2) is 6.71. The van der Waals surface area contributed by atoms with E-state index in [9.17, 15) is 5.11 Å². The third-order valence-corrected chi connectivity index (χ3v) is 2.56. The van der Waals surface area contributed by atoms with Gasteiger partial charge >= 0.3 is 0 Å². The Morgan fingerprint density at radius 3 is 2.35 bits per heavy atom. The smallest absolute Gasteiger partial charge is 0.105 e. The molecule has 1 aliphatic heterocycles. The van der Waals surface area contributed by atoms with E-state index in [0.717, 1.165) is 5.56 Å². The Balaban J connectivity index is 1.75. The molecule has 1 aromatic rings. The van der Waals surface area contributed by atoms with E-state index < -0.39 is 6.10 Å². The van der Waals surface area contributed by atoms with Crippen LogP contribution < -0.4 is 0 Å². The number of ether oxygens (including phenoxy) is 3. The Bertz CT molecular complexity index is 304. The van der Waals surface area contributed by atoms with Gasteiger partial charge in [-0.15, -0.1) is 0 Å². The Morgan fingerprint density at radius 1 is 1.06 bits per heavy atom. The van der Waals surface area contributed by atoms with Crippen LogP contribution in [0.4, 0.5) is 0 Å². The van der Waals surface area contributed by atoms with Crippen LogP contribution in [0.5, 0.6) is 0 Å². The van der Waals surface area contributed by atoms with Crippen LogP contribution in [0.3, 0.4) is 0 Å². The molecule has 1 aromatic carbocycles. The molecule has 1 fully saturated rings. The number of hydrogen-bond donors (Lipinski definition) is 1. The molecule has 0 spiro atoms. The molecular weight excluding hydrogens is 220 g/mol. The van der Waals surface area contributed by atoms with E-state index in [0.29, 0.717) is 33.0 Å². The minimum absolute atomic E-state index is 0.0669. The molecule has 17 heavy (non-hydrogen) atoms. The molecule has 0 atom stereocenters. The lowest BCUT2D eigenvalue weighted by atomic mass is 10.2.